The molecule has 0 atom stereocenters. The lowest BCUT2D eigenvalue weighted by molar-refractivity contribution is 0.273. The third-order valence-electron chi connectivity index (χ3n) is 10.7. The summed E-state index contributed by atoms with van der Waals surface area (Å²) in [5, 5.41) is 0. The van der Waals surface area contributed by atoms with Gasteiger partial charge in [0.15, 0.2) is 0 Å². The summed E-state index contributed by atoms with van der Waals surface area (Å²) in [6.07, 6.45) is 34.5. The average Bonchev–Trinajstić information content (AvgIpc) is 3.17. The zero-order valence-corrected chi connectivity index (χ0v) is 32.6. The van der Waals surface area contributed by atoms with Crippen molar-refractivity contribution in [2.75, 3.05) is 0 Å². The van der Waals surface area contributed by atoms with Crippen LogP contribution in [0, 0.1) is 5.41 Å². The van der Waals surface area contributed by atoms with Crippen molar-refractivity contribution in [1.82, 2.24) is 0 Å². The van der Waals surface area contributed by atoms with E-state index in [1.807, 2.05) is 0 Å². The van der Waals surface area contributed by atoms with E-state index in [1.54, 1.807) is 0 Å². The summed E-state index contributed by atoms with van der Waals surface area (Å²) in [4.78, 5) is 0. The summed E-state index contributed by atoms with van der Waals surface area (Å²) in [6.45, 7) is 8.92. The van der Waals surface area contributed by atoms with E-state index >= 15 is 0 Å². The summed E-state index contributed by atoms with van der Waals surface area (Å²) in [5.41, 5.74) is 15.6. The maximum Gasteiger partial charge on any atom is 0.0179 e. The predicted molar refractivity (Wildman–Crippen MR) is 226 cm³/mol. The van der Waals surface area contributed by atoms with Crippen LogP contribution in [0.15, 0.2) is 139 Å². The molecule has 276 valence electrons. The maximum atomic E-state index is 7.62. The average molecular weight is 686 g/mol. The summed E-state index contributed by atoms with van der Waals surface area (Å²) >= 11 is 0. The van der Waals surface area contributed by atoms with Crippen molar-refractivity contribution >= 4 is 0 Å². The van der Waals surface area contributed by atoms with Gasteiger partial charge in [-0.05, 0) is 85.6 Å². The largest absolute Gasteiger partial charge is 0.401 e. The zero-order chi connectivity index (χ0) is 36.2. The van der Waals surface area contributed by atoms with Crippen molar-refractivity contribution in [3.63, 3.8) is 0 Å². The van der Waals surface area contributed by atoms with Crippen molar-refractivity contribution in [3.05, 3.63) is 155 Å². The molecule has 0 aliphatic rings. The Labute approximate surface area is 314 Å². The molecule has 0 bridgehead atoms. The van der Waals surface area contributed by atoms with E-state index in [2.05, 4.69) is 136 Å². The van der Waals surface area contributed by atoms with E-state index in [1.165, 1.54) is 105 Å². The van der Waals surface area contributed by atoms with Crippen LogP contribution in [0.4, 0.5) is 0 Å². The van der Waals surface area contributed by atoms with Crippen LogP contribution < -0.4 is 5.73 Å². The standard InChI is InChI=1S/C50H71N/c1-4-7-9-11-13-26-41-50(40-6-3,42-27-14-12-10-8-5-2)49(51)48(39-38-46-32-22-17-23-33-46)43-47(37-36-45-30-20-16-21-31-45)35-25-24-34-44-28-18-15-19-29-44/h6,15-23,25,28-33,35,43H,3-5,7-14,24,26-27,34,36-42,51H2,1-2H3/b35-25-,47-43+,49-48-. The molecule has 2 N–H and O–H groups in total. The lowest BCUT2D eigenvalue weighted by atomic mass is 9.71. The molecule has 1 heteroatoms. The third-order valence-corrected chi connectivity index (χ3v) is 10.7. The second kappa shape index (κ2) is 26.2. The Morgan fingerprint density at radius 3 is 1.53 bits per heavy atom. The number of allylic oxidation sites excluding steroid dienone is 7. The molecule has 51 heavy (non-hydrogen) atoms. The van der Waals surface area contributed by atoms with E-state index in [0.29, 0.717) is 0 Å². The van der Waals surface area contributed by atoms with Crippen LogP contribution in [0.25, 0.3) is 0 Å². The summed E-state index contributed by atoms with van der Waals surface area (Å²) in [5.74, 6) is 0. The fourth-order valence-corrected chi connectivity index (χ4v) is 7.51. The van der Waals surface area contributed by atoms with Gasteiger partial charge in [0.05, 0.1) is 0 Å². The van der Waals surface area contributed by atoms with Crippen LogP contribution in [0.1, 0.15) is 146 Å². The van der Waals surface area contributed by atoms with Crippen LogP contribution in [0.5, 0.6) is 0 Å². The van der Waals surface area contributed by atoms with Crippen molar-refractivity contribution in [2.24, 2.45) is 11.1 Å². The quantitative estimate of drug-likeness (QED) is 0.0459. The molecule has 0 aromatic heterocycles. The highest BCUT2D eigenvalue weighted by Gasteiger charge is 2.32. The lowest BCUT2D eigenvalue weighted by Crippen LogP contribution is -2.30. The van der Waals surface area contributed by atoms with Crippen LogP contribution >= 0.6 is 0 Å². The number of hydrogen-bond donors (Lipinski definition) is 1. The van der Waals surface area contributed by atoms with Crippen LogP contribution in [-0.2, 0) is 19.3 Å². The number of unbranched alkanes of at least 4 members (excludes halogenated alkanes) is 10. The number of hydrogen-bond acceptors (Lipinski definition) is 1. The van der Waals surface area contributed by atoms with Crippen molar-refractivity contribution in [3.8, 4) is 0 Å². The van der Waals surface area contributed by atoms with Gasteiger partial charge < -0.3 is 5.73 Å². The van der Waals surface area contributed by atoms with Gasteiger partial charge in [0, 0.05) is 11.1 Å². The molecule has 0 aliphatic carbocycles. The predicted octanol–water partition coefficient (Wildman–Crippen LogP) is 14.6. The minimum absolute atomic E-state index is 0.0403. The molecule has 0 fully saturated rings. The van der Waals surface area contributed by atoms with Gasteiger partial charge in [-0.25, -0.2) is 0 Å². The summed E-state index contributed by atoms with van der Waals surface area (Å²) in [6, 6.07) is 32.8. The van der Waals surface area contributed by atoms with Gasteiger partial charge >= 0.3 is 0 Å². The fourth-order valence-electron chi connectivity index (χ4n) is 7.51. The molecular formula is C50H71N. The SMILES string of the molecule is C=CCC(CCCCCCCC)(CCCCCCCC)/C(N)=C(/C=C(\C=C/CCc1ccccc1)CCc1ccccc1)CCc1ccccc1. The minimum atomic E-state index is -0.0403. The number of aryl methyl sites for hydroxylation is 3. The van der Waals surface area contributed by atoms with Crippen LogP contribution in [-0.4, -0.2) is 0 Å². The molecule has 0 radical (unpaired) electrons. The highest BCUT2D eigenvalue weighted by molar-refractivity contribution is 5.37. The van der Waals surface area contributed by atoms with E-state index < -0.39 is 0 Å². The van der Waals surface area contributed by atoms with Gasteiger partial charge in [0.25, 0.3) is 0 Å². The van der Waals surface area contributed by atoms with Crippen molar-refractivity contribution < 1.29 is 0 Å². The van der Waals surface area contributed by atoms with E-state index in [9.17, 15) is 0 Å². The minimum Gasteiger partial charge on any atom is -0.401 e. The number of benzene rings is 3. The topological polar surface area (TPSA) is 26.0 Å². The highest BCUT2D eigenvalue weighted by Crippen LogP contribution is 2.43. The molecule has 0 spiro atoms. The monoisotopic (exact) mass is 686 g/mol. The maximum absolute atomic E-state index is 7.62. The van der Waals surface area contributed by atoms with Crippen molar-refractivity contribution in [1.29, 1.82) is 0 Å². The Morgan fingerprint density at radius 1 is 0.588 bits per heavy atom. The molecule has 1 nitrogen and oxygen atoms in total. The van der Waals surface area contributed by atoms with Gasteiger partial charge in [-0.2, -0.15) is 0 Å². The first kappa shape index (κ1) is 41.8. The van der Waals surface area contributed by atoms with Gasteiger partial charge in [-0.15, -0.1) is 6.58 Å². The first-order valence-electron chi connectivity index (χ1n) is 20.7. The smallest absolute Gasteiger partial charge is 0.0179 e. The van der Waals surface area contributed by atoms with Crippen LogP contribution in [0.2, 0.25) is 0 Å². The first-order valence-corrected chi connectivity index (χ1v) is 20.7. The molecule has 3 aromatic rings. The van der Waals surface area contributed by atoms with Crippen LogP contribution in [0.3, 0.4) is 0 Å². The third kappa shape index (κ3) is 17.0. The fraction of sp³-hybridized carbons (Fsp3) is 0.480. The molecule has 0 saturated heterocycles. The second-order valence-electron chi connectivity index (χ2n) is 14.9. The Hall–Kier alpha value is -3.58. The lowest BCUT2D eigenvalue weighted by Gasteiger charge is -2.36. The molecule has 3 aromatic carbocycles. The molecular weight excluding hydrogens is 615 g/mol. The van der Waals surface area contributed by atoms with Crippen molar-refractivity contribution in [2.45, 2.75) is 149 Å². The Kier molecular flexibility index (Phi) is 21.5. The molecule has 0 heterocycles. The van der Waals surface area contributed by atoms with E-state index in [4.69, 9.17) is 5.73 Å². The van der Waals surface area contributed by atoms with Gasteiger partial charge in [-0.1, -0.05) is 206 Å². The number of rotatable bonds is 28. The molecule has 0 unspecified atom stereocenters. The second-order valence-corrected chi connectivity index (χ2v) is 14.9. The molecule has 3 rings (SSSR count). The molecule has 0 aliphatic heterocycles. The van der Waals surface area contributed by atoms with Gasteiger partial charge in [0.1, 0.15) is 0 Å². The number of nitrogens with two attached hydrogens (primary N) is 1. The molecule has 0 amide bonds. The van der Waals surface area contributed by atoms with Gasteiger partial charge in [0.2, 0.25) is 0 Å². The van der Waals surface area contributed by atoms with Gasteiger partial charge in [-0.3, -0.25) is 0 Å². The Bertz CT molecular complexity index is 1380. The van der Waals surface area contributed by atoms with E-state index in [0.717, 1.165) is 63.5 Å². The Balaban J connectivity index is 2.01. The summed E-state index contributed by atoms with van der Waals surface area (Å²) < 4.78 is 0. The zero-order valence-electron chi connectivity index (χ0n) is 32.6. The Morgan fingerprint density at radius 2 is 1.04 bits per heavy atom. The first-order chi connectivity index (χ1) is 25.1. The summed E-state index contributed by atoms with van der Waals surface area (Å²) in [7, 11) is 0. The normalized spacial score (nSPS) is 12.7. The van der Waals surface area contributed by atoms with E-state index in [-0.39, 0.29) is 5.41 Å². The molecule has 0 saturated carbocycles. The highest BCUT2D eigenvalue weighted by atomic mass is 14.7.